The molecule has 0 radical (unpaired) electrons. The van der Waals surface area contributed by atoms with Crippen LogP contribution in [0.3, 0.4) is 0 Å². The number of ether oxygens (including phenoxy) is 3. The zero-order chi connectivity index (χ0) is 22.4. The number of nitrogens with zero attached hydrogens (tertiary/aromatic N) is 1. The van der Waals surface area contributed by atoms with E-state index in [1.54, 1.807) is 26.2 Å². The highest BCUT2D eigenvalue weighted by Crippen LogP contribution is 2.42. The second-order valence-corrected chi connectivity index (χ2v) is 8.15. The second kappa shape index (κ2) is 10.5. The first-order valence-electron chi connectivity index (χ1n) is 9.63. The maximum atomic E-state index is 12.5. The van der Waals surface area contributed by atoms with Gasteiger partial charge in [0.2, 0.25) is 0 Å². The third kappa shape index (κ3) is 5.32. The summed E-state index contributed by atoms with van der Waals surface area (Å²) in [7, 11) is 1.57. The van der Waals surface area contributed by atoms with Crippen LogP contribution in [0.25, 0.3) is 6.08 Å². The third-order valence-corrected chi connectivity index (χ3v) is 5.93. The fourth-order valence-corrected chi connectivity index (χ4v) is 4.31. The molecule has 0 atom stereocenters. The van der Waals surface area contributed by atoms with Gasteiger partial charge in [0.05, 0.1) is 30.9 Å². The van der Waals surface area contributed by atoms with Crippen LogP contribution in [-0.2, 0) is 9.53 Å². The van der Waals surface area contributed by atoms with Gasteiger partial charge in [-0.1, -0.05) is 45.9 Å². The first-order chi connectivity index (χ1) is 15.0. The lowest BCUT2D eigenvalue weighted by Gasteiger charge is -2.12. The Morgan fingerprint density at radius 1 is 1.16 bits per heavy atom. The highest BCUT2D eigenvalue weighted by atomic mass is 79.9. The Hall–Kier alpha value is -2.71. The van der Waals surface area contributed by atoms with Crippen molar-refractivity contribution in [2.24, 2.45) is 4.99 Å². The molecule has 2 aromatic rings. The van der Waals surface area contributed by atoms with Crippen molar-refractivity contribution in [2.45, 2.75) is 13.8 Å². The quantitative estimate of drug-likeness (QED) is 0.463. The molecule has 6 nitrogen and oxygen atoms in total. The highest BCUT2D eigenvalue weighted by Gasteiger charge is 2.33. The highest BCUT2D eigenvalue weighted by molar-refractivity contribution is 9.10. The molecule has 0 spiro atoms. The SMILES string of the molecule is CCOC(=O)C1=C(O)/C(=C/c2cc(OCC)c(OC)cc2Br)SC1=Nc1ccccc1. The average Bonchev–Trinajstić information content (AvgIpc) is 3.06. The summed E-state index contributed by atoms with van der Waals surface area (Å²) < 4.78 is 16.9. The minimum Gasteiger partial charge on any atom is -0.506 e. The fourth-order valence-electron chi connectivity index (χ4n) is 2.84. The van der Waals surface area contributed by atoms with E-state index in [4.69, 9.17) is 14.2 Å². The summed E-state index contributed by atoms with van der Waals surface area (Å²) in [6, 6.07) is 12.8. The predicted octanol–water partition coefficient (Wildman–Crippen LogP) is 6.05. The number of halogens is 1. The van der Waals surface area contributed by atoms with Crippen molar-refractivity contribution >= 4 is 50.5 Å². The van der Waals surface area contributed by atoms with E-state index in [-0.39, 0.29) is 17.9 Å². The zero-order valence-corrected chi connectivity index (χ0v) is 19.7. The van der Waals surface area contributed by atoms with Gasteiger partial charge in [-0.15, -0.1) is 0 Å². The Morgan fingerprint density at radius 2 is 1.90 bits per heavy atom. The third-order valence-electron chi connectivity index (χ3n) is 4.23. The number of hydrogen-bond donors (Lipinski definition) is 1. The number of aliphatic imine (C=N–C) groups is 1. The van der Waals surface area contributed by atoms with Crippen LogP contribution >= 0.6 is 27.7 Å². The molecule has 1 heterocycles. The van der Waals surface area contributed by atoms with Crippen LogP contribution < -0.4 is 9.47 Å². The number of benzene rings is 2. The number of carbonyl (C=O) groups is 1. The van der Waals surface area contributed by atoms with Gasteiger partial charge in [-0.05, 0) is 49.8 Å². The lowest BCUT2D eigenvalue weighted by Crippen LogP contribution is -2.12. The minimum absolute atomic E-state index is 0.0524. The predicted molar refractivity (Wildman–Crippen MR) is 127 cm³/mol. The standard InChI is InChI=1S/C23H22BrNO5S/c1-4-29-18-11-14(16(24)13-17(18)28-3)12-19-21(26)20(23(27)30-5-2)22(31-19)25-15-9-7-6-8-10-15/h6-13,26H,4-5H2,1-3H3/b19-12-,25-22?. The Morgan fingerprint density at radius 3 is 2.55 bits per heavy atom. The number of rotatable bonds is 7. The summed E-state index contributed by atoms with van der Waals surface area (Å²) in [5, 5.41) is 11.2. The molecule has 0 fully saturated rings. The van der Waals surface area contributed by atoms with Gasteiger partial charge in [-0.2, -0.15) is 0 Å². The summed E-state index contributed by atoms with van der Waals surface area (Å²) in [6.45, 7) is 4.28. The Labute approximate surface area is 193 Å². The van der Waals surface area contributed by atoms with Crippen molar-refractivity contribution in [3.05, 3.63) is 68.7 Å². The first-order valence-corrected chi connectivity index (χ1v) is 11.2. The molecule has 3 rings (SSSR count). The monoisotopic (exact) mass is 503 g/mol. The van der Waals surface area contributed by atoms with Gasteiger partial charge in [0, 0.05) is 4.47 Å². The summed E-state index contributed by atoms with van der Waals surface area (Å²) in [5.41, 5.74) is 1.48. The maximum absolute atomic E-state index is 12.5. The van der Waals surface area contributed by atoms with E-state index in [1.165, 1.54) is 11.8 Å². The van der Waals surface area contributed by atoms with Crippen LogP contribution in [0, 0.1) is 0 Å². The lowest BCUT2D eigenvalue weighted by atomic mass is 10.1. The van der Waals surface area contributed by atoms with E-state index in [1.807, 2.05) is 43.3 Å². The van der Waals surface area contributed by atoms with Gasteiger partial charge in [0.1, 0.15) is 16.4 Å². The first kappa shape index (κ1) is 23.0. The molecule has 8 heteroatoms. The second-order valence-electron chi connectivity index (χ2n) is 6.26. The molecule has 0 aromatic heterocycles. The maximum Gasteiger partial charge on any atom is 0.344 e. The number of para-hydroxylation sites is 1. The Bertz CT molecular complexity index is 1060. The van der Waals surface area contributed by atoms with Crippen LogP contribution in [0.2, 0.25) is 0 Å². The zero-order valence-electron chi connectivity index (χ0n) is 17.3. The number of thioether (sulfide) groups is 1. The molecular weight excluding hydrogens is 482 g/mol. The van der Waals surface area contributed by atoms with E-state index in [0.717, 1.165) is 10.0 Å². The lowest BCUT2D eigenvalue weighted by molar-refractivity contribution is -0.138. The Balaban J connectivity index is 2.07. The van der Waals surface area contributed by atoms with Crippen LogP contribution in [0.4, 0.5) is 5.69 Å². The fraction of sp³-hybridized carbons (Fsp3) is 0.217. The van der Waals surface area contributed by atoms with E-state index < -0.39 is 5.97 Å². The van der Waals surface area contributed by atoms with Crippen molar-refractivity contribution < 1.29 is 24.1 Å². The van der Waals surface area contributed by atoms with Gasteiger partial charge in [0.25, 0.3) is 0 Å². The molecule has 0 saturated carbocycles. The normalized spacial score (nSPS) is 16.1. The molecule has 0 aliphatic carbocycles. The number of aliphatic hydroxyl groups excluding tert-OH is 1. The van der Waals surface area contributed by atoms with E-state index in [0.29, 0.717) is 33.7 Å². The van der Waals surface area contributed by atoms with Crippen molar-refractivity contribution in [1.82, 2.24) is 0 Å². The van der Waals surface area contributed by atoms with Gasteiger partial charge in [0.15, 0.2) is 11.5 Å². The van der Waals surface area contributed by atoms with Gasteiger partial charge in [-0.3, -0.25) is 0 Å². The molecule has 162 valence electrons. The molecule has 0 amide bonds. The topological polar surface area (TPSA) is 77.4 Å². The number of hydrogen-bond acceptors (Lipinski definition) is 7. The molecule has 1 N–H and O–H groups in total. The molecule has 1 aliphatic heterocycles. The van der Waals surface area contributed by atoms with Crippen molar-refractivity contribution in [2.75, 3.05) is 20.3 Å². The van der Waals surface area contributed by atoms with Crippen molar-refractivity contribution in [3.8, 4) is 11.5 Å². The van der Waals surface area contributed by atoms with E-state index in [9.17, 15) is 9.90 Å². The summed E-state index contributed by atoms with van der Waals surface area (Å²) in [6.07, 6.45) is 1.76. The molecule has 0 unspecified atom stereocenters. The number of aliphatic hydroxyl groups is 1. The summed E-state index contributed by atoms with van der Waals surface area (Å²) in [4.78, 5) is 17.6. The van der Waals surface area contributed by atoms with Gasteiger partial charge >= 0.3 is 5.97 Å². The van der Waals surface area contributed by atoms with Gasteiger partial charge < -0.3 is 19.3 Å². The number of methoxy groups -OCH3 is 1. The Kier molecular flexibility index (Phi) is 7.81. The van der Waals surface area contributed by atoms with Crippen LogP contribution in [0.5, 0.6) is 11.5 Å². The molecule has 0 bridgehead atoms. The largest absolute Gasteiger partial charge is 0.506 e. The summed E-state index contributed by atoms with van der Waals surface area (Å²) >= 11 is 4.73. The number of carbonyl (C=O) groups excluding carboxylic acids is 1. The summed E-state index contributed by atoms with van der Waals surface area (Å²) in [5.74, 6) is 0.386. The smallest absolute Gasteiger partial charge is 0.344 e. The van der Waals surface area contributed by atoms with Gasteiger partial charge in [-0.25, -0.2) is 9.79 Å². The molecule has 31 heavy (non-hydrogen) atoms. The molecule has 1 aliphatic rings. The van der Waals surface area contributed by atoms with Crippen LogP contribution in [-0.4, -0.2) is 36.4 Å². The van der Waals surface area contributed by atoms with Crippen LogP contribution in [0.1, 0.15) is 19.4 Å². The molecule has 0 saturated heterocycles. The number of esters is 1. The van der Waals surface area contributed by atoms with Crippen molar-refractivity contribution in [1.29, 1.82) is 0 Å². The van der Waals surface area contributed by atoms with Crippen molar-refractivity contribution in [3.63, 3.8) is 0 Å². The average molecular weight is 504 g/mol. The van der Waals surface area contributed by atoms with E-state index in [2.05, 4.69) is 20.9 Å². The molecular formula is C23H22BrNO5S. The van der Waals surface area contributed by atoms with Crippen LogP contribution in [0.15, 0.2) is 68.2 Å². The molecule has 2 aromatic carbocycles. The minimum atomic E-state index is -0.616. The van der Waals surface area contributed by atoms with E-state index >= 15 is 0 Å².